The summed E-state index contributed by atoms with van der Waals surface area (Å²) in [5, 5.41) is 8.45. The van der Waals surface area contributed by atoms with Crippen molar-refractivity contribution in [1.29, 1.82) is 5.41 Å². The standard InChI is InChI=1S/C7H16N4S/c1-5(2)6(9)12-7(10)11-4-3-8/h5,9H,3-4,8H2,1-2H3,(H2,10,11). The van der Waals surface area contributed by atoms with Crippen molar-refractivity contribution in [2.75, 3.05) is 13.1 Å². The SMILES string of the molecule is CC(C)C(=N)SC(N)=NCCN. The Hall–Kier alpha value is -0.550. The van der Waals surface area contributed by atoms with Crippen LogP contribution < -0.4 is 11.5 Å². The van der Waals surface area contributed by atoms with Crippen LogP contribution in [0.15, 0.2) is 4.99 Å². The molecule has 0 aromatic carbocycles. The zero-order valence-corrected chi connectivity index (χ0v) is 8.32. The first-order valence-electron chi connectivity index (χ1n) is 3.84. The van der Waals surface area contributed by atoms with E-state index in [0.717, 1.165) is 0 Å². The van der Waals surface area contributed by atoms with Crippen LogP contribution in [0.4, 0.5) is 0 Å². The van der Waals surface area contributed by atoms with Gasteiger partial charge in [0.05, 0.1) is 11.6 Å². The van der Waals surface area contributed by atoms with E-state index in [1.54, 1.807) is 0 Å². The molecule has 0 saturated carbocycles. The lowest BCUT2D eigenvalue weighted by atomic mass is 10.2. The molecule has 0 unspecified atom stereocenters. The number of hydrogen-bond donors (Lipinski definition) is 3. The van der Waals surface area contributed by atoms with Crippen LogP contribution >= 0.6 is 11.8 Å². The molecule has 0 amide bonds. The third-order valence-electron chi connectivity index (χ3n) is 1.14. The third-order valence-corrected chi connectivity index (χ3v) is 2.17. The largest absolute Gasteiger partial charge is 0.378 e. The minimum Gasteiger partial charge on any atom is -0.378 e. The number of thioether (sulfide) groups is 1. The van der Waals surface area contributed by atoms with Gasteiger partial charge in [0.25, 0.3) is 0 Å². The van der Waals surface area contributed by atoms with Gasteiger partial charge >= 0.3 is 0 Å². The quantitative estimate of drug-likeness (QED) is 0.448. The zero-order chi connectivity index (χ0) is 9.56. The highest BCUT2D eigenvalue weighted by atomic mass is 32.2. The first-order chi connectivity index (χ1) is 5.57. The fraction of sp³-hybridized carbons (Fsp3) is 0.714. The predicted octanol–water partition coefficient (Wildman–Crippen LogP) is 0.626. The molecule has 0 aliphatic rings. The molecule has 0 aromatic rings. The summed E-state index contributed by atoms with van der Waals surface area (Å²) in [6, 6.07) is 0. The lowest BCUT2D eigenvalue weighted by Crippen LogP contribution is -2.15. The van der Waals surface area contributed by atoms with Crippen LogP contribution in [0, 0.1) is 11.3 Å². The lowest BCUT2D eigenvalue weighted by molar-refractivity contribution is 0.895. The van der Waals surface area contributed by atoms with E-state index in [0.29, 0.717) is 23.3 Å². The summed E-state index contributed by atoms with van der Waals surface area (Å²) in [5.74, 6) is 0.210. The fourth-order valence-electron chi connectivity index (χ4n) is 0.438. The second kappa shape index (κ2) is 6.02. The van der Waals surface area contributed by atoms with Gasteiger partial charge < -0.3 is 11.5 Å². The zero-order valence-electron chi connectivity index (χ0n) is 7.50. The van der Waals surface area contributed by atoms with Crippen LogP contribution in [0.1, 0.15) is 13.8 Å². The van der Waals surface area contributed by atoms with Gasteiger partial charge in [-0.25, -0.2) is 0 Å². The summed E-state index contributed by atoms with van der Waals surface area (Å²) in [6.45, 7) is 4.93. The van der Waals surface area contributed by atoms with Gasteiger partial charge in [-0.15, -0.1) is 0 Å². The van der Waals surface area contributed by atoms with E-state index in [-0.39, 0.29) is 5.92 Å². The Morgan fingerprint density at radius 3 is 2.58 bits per heavy atom. The molecule has 0 spiro atoms. The van der Waals surface area contributed by atoms with Crippen LogP contribution in [0.25, 0.3) is 0 Å². The maximum Gasteiger partial charge on any atom is 0.160 e. The molecule has 0 heterocycles. The minimum atomic E-state index is 0.210. The molecule has 12 heavy (non-hydrogen) atoms. The lowest BCUT2D eigenvalue weighted by Gasteiger charge is -2.05. The van der Waals surface area contributed by atoms with E-state index in [1.807, 2.05) is 13.8 Å². The molecule has 0 aliphatic carbocycles. The molecule has 0 saturated heterocycles. The maximum atomic E-state index is 7.48. The molecular weight excluding hydrogens is 172 g/mol. The summed E-state index contributed by atoms with van der Waals surface area (Å²) < 4.78 is 0. The number of nitrogens with zero attached hydrogens (tertiary/aromatic N) is 1. The Labute approximate surface area is 77.3 Å². The fourth-order valence-corrected chi connectivity index (χ4v) is 1.05. The molecule has 0 aromatic heterocycles. The first kappa shape index (κ1) is 11.4. The van der Waals surface area contributed by atoms with Gasteiger partial charge in [0.1, 0.15) is 0 Å². The highest BCUT2D eigenvalue weighted by Crippen LogP contribution is 2.10. The number of aliphatic imine (C=N–C) groups is 1. The number of rotatable bonds is 3. The topological polar surface area (TPSA) is 88.2 Å². The number of nitrogens with one attached hydrogen (secondary N) is 1. The molecule has 0 radical (unpaired) electrons. The molecule has 70 valence electrons. The van der Waals surface area contributed by atoms with Crippen LogP contribution in [0.3, 0.4) is 0 Å². The van der Waals surface area contributed by atoms with E-state index in [9.17, 15) is 0 Å². The van der Waals surface area contributed by atoms with Crippen molar-refractivity contribution in [3.05, 3.63) is 0 Å². The molecule has 4 nitrogen and oxygen atoms in total. The van der Waals surface area contributed by atoms with Gasteiger partial charge in [0, 0.05) is 12.5 Å². The number of amidine groups is 1. The van der Waals surface area contributed by atoms with Gasteiger partial charge in [-0.3, -0.25) is 10.4 Å². The normalized spacial score (nSPS) is 12.2. The van der Waals surface area contributed by atoms with Crippen LogP contribution in [-0.2, 0) is 0 Å². The molecule has 0 atom stereocenters. The second-order valence-electron chi connectivity index (χ2n) is 2.63. The monoisotopic (exact) mass is 188 g/mol. The van der Waals surface area contributed by atoms with Crippen LogP contribution in [-0.4, -0.2) is 23.3 Å². The maximum absolute atomic E-state index is 7.48. The highest BCUT2D eigenvalue weighted by Gasteiger charge is 2.05. The van der Waals surface area contributed by atoms with Crippen molar-refractivity contribution in [3.8, 4) is 0 Å². The Morgan fingerprint density at radius 1 is 1.58 bits per heavy atom. The highest BCUT2D eigenvalue weighted by molar-refractivity contribution is 8.26. The summed E-state index contributed by atoms with van der Waals surface area (Å²) in [5.41, 5.74) is 10.8. The van der Waals surface area contributed by atoms with Crippen molar-refractivity contribution in [2.45, 2.75) is 13.8 Å². The molecule has 0 aliphatic heterocycles. The Balaban J connectivity index is 3.83. The average Bonchev–Trinajstić information content (AvgIpc) is 2.00. The Morgan fingerprint density at radius 2 is 2.17 bits per heavy atom. The van der Waals surface area contributed by atoms with Crippen LogP contribution in [0.5, 0.6) is 0 Å². The van der Waals surface area contributed by atoms with E-state index in [1.165, 1.54) is 11.8 Å². The minimum absolute atomic E-state index is 0.210. The van der Waals surface area contributed by atoms with Gasteiger partial charge in [0.15, 0.2) is 5.17 Å². The van der Waals surface area contributed by atoms with Crippen molar-refractivity contribution in [3.63, 3.8) is 0 Å². The number of nitrogens with two attached hydrogens (primary N) is 2. The average molecular weight is 188 g/mol. The van der Waals surface area contributed by atoms with Gasteiger partial charge in [0.2, 0.25) is 0 Å². The molecule has 5 heteroatoms. The Kier molecular flexibility index (Phi) is 5.74. The molecule has 0 fully saturated rings. The van der Waals surface area contributed by atoms with E-state index in [4.69, 9.17) is 16.9 Å². The smallest absolute Gasteiger partial charge is 0.160 e. The predicted molar refractivity (Wildman–Crippen MR) is 55.7 cm³/mol. The van der Waals surface area contributed by atoms with Crippen molar-refractivity contribution >= 4 is 22.0 Å². The number of hydrogen-bond acceptors (Lipinski definition) is 4. The summed E-state index contributed by atoms with van der Waals surface area (Å²) in [4.78, 5) is 3.96. The van der Waals surface area contributed by atoms with E-state index in [2.05, 4.69) is 4.99 Å². The van der Waals surface area contributed by atoms with Gasteiger partial charge in [-0.2, -0.15) is 0 Å². The first-order valence-corrected chi connectivity index (χ1v) is 4.65. The van der Waals surface area contributed by atoms with Gasteiger partial charge in [-0.05, 0) is 11.8 Å². The second-order valence-corrected chi connectivity index (χ2v) is 3.69. The summed E-state index contributed by atoms with van der Waals surface area (Å²) >= 11 is 1.20. The van der Waals surface area contributed by atoms with Crippen molar-refractivity contribution in [2.24, 2.45) is 22.4 Å². The van der Waals surface area contributed by atoms with E-state index >= 15 is 0 Å². The van der Waals surface area contributed by atoms with Crippen molar-refractivity contribution < 1.29 is 0 Å². The third kappa shape index (κ3) is 5.15. The molecule has 5 N–H and O–H groups in total. The molecular formula is C7H16N4S. The molecule has 0 bridgehead atoms. The summed E-state index contributed by atoms with van der Waals surface area (Å²) in [7, 11) is 0. The summed E-state index contributed by atoms with van der Waals surface area (Å²) in [6.07, 6.45) is 0. The molecule has 0 rings (SSSR count). The van der Waals surface area contributed by atoms with Crippen molar-refractivity contribution in [1.82, 2.24) is 0 Å². The van der Waals surface area contributed by atoms with Crippen LogP contribution in [0.2, 0.25) is 0 Å². The van der Waals surface area contributed by atoms with Gasteiger partial charge in [-0.1, -0.05) is 13.8 Å². The van der Waals surface area contributed by atoms with E-state index < -0.39 is 0 Å². The Bertz CT molecular complexity index is 176.